The Kier molecular flexibility index (Phi) is 4.46. The molecule has 1 N–H and O–H groups in total. The minimum Gasteiger partial charge on any atom is -0.444 e. The Bertz CT molecular complexity index is 599. The van der Waals surface area contributed by atoms with Gasteiger partial charge < -0.3 is 14.7 Å². The Labute approximate surface area is 143 Å². The van der Waals surface area contributed by atoms with Crippen LogP contribution in [0.4, 0.5) is 10.5 Å². The van der Waals surface area contributed by atoms with Crippen LogP contribution in [0.2, 0.25) is 0 Å². The van der Waals surface area contributed by atoms with Gasteiger partial charge in [-0.3, -0.25) is 9.58 Å². The Hall–Kier alpha value is -1.76. The maximum absolute atomic E-state index is 12.5. The van der Waals surface area contributed by atoms with Crippen molar-refractivity contribution in [1.82, 2.24) is 14.7 Å². The molecule has 0 bridgehead atoms. The maximum Gasteiger partial charge on any atom is 0.410 e. The normalized spacial score (nSPS) is 22.5. The molecule has 0 spiro atoms. The first-order valence-corrected chi connectivity index (χ1v) is 8.72. The van der Waals surface area contributed by atoms with Crippen LogP contribution in [0.1, 0.15) is 46.2 Å². The molecule has 2 aliphatic rings. The van der Waals surface area contributed by atoms with Crippen molar-refractivity contribution >= 4 is 11.8 Å². The molecule has 0 unspecified atom stereocenters. The third kappa shape index (κ3) is 3.50. The molecule has 0 saturated carbocycles. The zero-order valence-electron chi connectivity index (χ0n) is 15.0. The first-order chi connectivity index (χ1) is 11.2. The van der Waals surface area contributed by atoms with Crippen LogP contribution in [0.5, 0.6) is 0 Å². The third-order valence-electron chi connectivity index (χ3n) is 4.65. The molecule has 7 nitrogen and oxygen atoms in total. The number of aromatic nitrogens is 2. The number of aliphatic hydroxyl groups excluding tert-OH is 1. The molecule has 0 aliphatic carbocycles. The number of nitrogens with zero attached hydrogens (tertiary/aromatic N) is 4. The summed E-state index contributed by atoms with van der Waals surface area (Å²) >= 11 is 0. The first kappa shape index (κ1) is 17.1. The van der Waals surface area contributed by atoms with Gasteiger partial charge in [-0.25, -0.2) is 4.79 Å². The lowest BCUT2D eigenvalue weighted by molar-refractivity contribution is 0.00912. The number of piperidine rings is 1. The van der Waals surface area contributed by atoms with Gasteiger partial charge in [0.05, 0.1) is 42.8 Å². The second kappa shape index (κ2) is 6.27. The Morgan fingerprint density at radius 1 is 1.33 bits per heavy atom. The molecule has 1 aromatic heterocycles. The second-order valence-electron chi connectivity index (χ2n) is 7.83. The summed E-state index contributed by atoms with van der Waals surface area (Å²) in [5, 5.41) is 14.2. The van der Waals surface area contributed by atoms with E-state index in [1.165, 1.54) is 0 Å². The van der Waals surface area contributed by atoms with Crippen molar-refractivity contribution in [2.75, 3.05) is 18.0 Å². The Morgan fingerprint density at radius 3 is 2.62 bits per heavy atom. The van der Waals surface area contributed by atoms with E-state index in [0.29, 0.717) is 13.1 Å². The van der Waals surface area contributed by atoms with Crippen molar-refractivity contribution in [3.63, 3.8) is 0 Å². The summed E-state index contributed by atoms with van der Waals surface area (Å²) in [4.78, 5) is 16.6. The van der Waals surface area contributed by atoms with Crippen LogP contribution < -0.4 is 4.90 Å². The van der Waals surface area contributed by atoms with Crippen LogP contribution in [0.25, 0.3) is 0 Å². The van der Waals surface area contributed by atoms with Gasteiger partial charge >= 0.3 is 6.09 Å². The molecule has 1 atom stereocenters. The van der Waals surface area contributed by atoms with Crippen molar-refractivity contribution in [2.24, 2.45) is 0 Å². The summed E-state index contributed by atoms with van der Waals surface area (Å²) in [7, 11) is 0. The van der Waals surface area contributed by atoms with E-state index in [0.717, 1.165) is 37.3 Å². The zero-order valence-corrected chi connectivity index (χ0v) is 15.0. The minimum atomic E-state index is -0.500. The molecule has 3 rings (SSSR count). The first-order valence-electron chi connectivity index (χ1n) is 8.72. The predicted octanol–water partition coefficient (Wildman–Crippen LogP) is 1.98. The molecule has 3 heterocycles. The second-order valence-corrected chi connectivity index (χ2v) is 7.83. The van der Waals surface area contributed by atoms with Gasteiger partial charge in [0, 0.05) is 13.1 Å². The number of fused-ring (bicyclic) bond motifs is 1. The van der Waals surface area contributed by atoms with E-state index < -0.39 is 5.60 Å². The van der Waals surface area contributed by atoms with E-state index in [9.17, 15) is 9.90 Å². The molecule has 7 heteroatoms. The summed E-state index contributed by atoms with van der Waals surface area (Å²) in [6.07, 6.45) is 2.96. The topological polar surface area (TPSA) is 70.8 Å². The van der Waals surface area contributed by atoms with Crippen molar-refractivity contribution in [3.8, 4) is 0 Å². The van der Waals surface area contributed by atoms with Crippen molar-refractivity contribution < 1.29 is 14.6 Å². The van der Waals surface area contributed by atoms with Gasteiger partial charge in [-0.1, -0.05) is 0 Å². The molecule has 1 aromatic rings. The van der Waals surface area contributed by atoms with Crippen molar-refractivity contribution in [1.29, 1.82) is 0 Å². The third-order valence-corrected chi connectivity index (χ3v) is 4.65. The number of carbonyl (C=O) groups excluding carboxylic acids is 1. The Morgan fingerprint density at radius 2 is 2.00 bits per heavy atom. The number of rotatable bonds is 1. The van der Waals surface area contributed by atoms with Gasteiger partial charge in [0.15, 0.2) is 0 Å². The maximum atomic E-state index is 12.5. The highest BCUT2D eigenvalue weighted by Crippen LogP contribution is 2.29. The largest absolute Gasteiger partial charge is 0.444 e. The molecule has 134 valence electrons. The van der Waals surface area contributed by atoms with Crippen molar-refractivity contribution in [2.45, 2.75) is 71.4 Å². The highest BCUT2D eigenvalue weighted by atomic mass is 16.6. The SMILES string of the molecule is C[C@H]1Cn2ncc(N3CCC(O)CC3)c2CN1C(=O)OC(C)(C)C. The zero-order chi connectivity index (χ0) is 17.5. The Balaban J connectivity index is 1.78. The van der Waals surface area contributed by atoms with Gasteiger partial charge in [-0.2, -0.15) is 5.10 Å². The average Bonchev–Trinajstić information content (AvgIpc) is 2.88. The van der Waals surface area contributed by atoms with Crippen LogP contribution in [-0.2, 0) is 17.8 Å². The summed E-state index contributed by atoms with van der Waals surface area (Å²) in [5.41, 5.74) is 1.62. The fraction of sp³-hybridized carbons (Fsp3) is 0.765. The summed E-state index contributed by atoms with van der Waals surface area (Å²) in [5.74, 6) is 0. The van der Waals surface area contributed by atoms with Gasteiger partial charge in [-0.15, -0.1) is 0 Å². The molecule has 1 saturated heterocycles. The standard InChI is InChI=1S/C17H28N4O3/c1-12-10-21-15(11-20(12)16(23)24-17(2,3)4)14(9-18-21)19-7-5-13(22)6-8-19/h9,12-13,22H,5-8,10-11H2,1-4H3/t12-/m0/s1. The smallest absolute Gasteiger partial charge is 0.410 e. The lowest BCUT2D eigenvalue weighted by Crippen LogP contribution is -2.47. The summed E-state index contributed by atoms with van der Waals surface area (Å²) < 4.78 is 7.54. The van der Waals surface area contributed by atoms with Gasteiger partial charge in [0.2, 0.25) is 0 Å². The van der Waals surface area contributed by atoms with Crippen LogP contribution >= 0.6 is 0 Å². The monoisotopic (exact) mass is 336 g/mol. The molecule has 1 amide bonds. The quantitative estimate of drug-likeness (QED) is 0.849. The minimum absolute atomic E-state index is 0.0447. The molecule has 1 fully saturated rings. The molecule has 0 aromatic carbocycles. The number of ether oxygens (including phenoxy) is 1. The fourth-order valence-corrected chi connectivity index (χ4v) is 3.32. The summed E-state index contributed by atoms with van der Waals surface area (Å²) in [6.45, 7) is 10.5. The number of carbonyl (C=O) groups is 1. The molecule has 24 heavy (non-hydrogen) atoms. The number of hydrogen-bond acceptors (Lipinski definition) is 5. The molecular formula is C17H28N4O3. The lowest BCUT2D eigenvalue weighted by atomic mass is 10.1. The van der Waals surface area contributed by atoms with E-state index in [-0.39, 0.29) is 18.2 Å². The molecule has 0 radical (unpaired) electrons. The van der Waals surface area contributed by atoms with Crippen LogP contribution in [0.3, 0.4) is 0 Å². The average molecular weight is 336 g/mol. The molecule has 2 aliphatic heterocycles. The van der Waals surface area contributed by atoms with Crippen LogP contribution in [0, 0.1) is 0 Å². The van der Waals surface area contributed by atoms with E-state index in [1.807, 2.05) is 38.6 Å². The van der Waals surface area contributed by atoms with E-state index in [2.05, 4.69) is 10.00 Å². The highest BCUT2D eigenvalue weighted by molar-refractivity contribution is 5.69. The fourth-order valence-electron chi connectivity index (χ4n) is 3.32. The van der Waals surface area contributed by atoms with Gasteiger partial charge in [-0.05, 0) is 40.5 Å². The number of amides is 1. The number of aliphatic hydroxyl groups is 1. The number of anilines is 1. The van der Waals surface area contributed by atoms with Gasteiger partial charge in [0.1, 0.15) is 5.60 Å². The van der Waals surface area contributed by atoms with Gasteiger partial charge in [0.25, 0.3) is 0 Å². The molecular weight excluding hydrogens is 308 g/mol. The number of hydrogen-bond donors (Lipinski definition) is 1. The lowest BCUT2D eigenvalue weighted by Gasteiger charge is -2.37. The van der Waals surface area contributed by atoms with E-state index in [1.54, 1.807) is 4.90 Å². The predicted molar refractivity (Wildman–Crippen MR) is 90.9 cm³/mol. The van der Waals surface area contributed by atoms with Crippen LogP contribution in [0.15, 0.2) is 6.20 Å². The highest BCUT2D eigenvalue weighted by Gasteiger charge is 2.33. The van der Waals surface area contributed by atoms with E-state index >= 15 is 0 Å². The van der Waals surface area contributed by atoms with Crippen molar-refractivity contribution in [3.05, 3.63) is 11.9 Å². The summed E-state index contributed by atoms with van der Waals surface area (Å²) in [6, 6.07) is 0.0447. The van der Waals surface area contributed by atoms with Crippen LogP contribution in [-0.4, -0.2) is 56.7 Å². The van der Waals surface area contributed by atoms with E-state index in [4.69, 9.17) is 4.74 Å².